The fourth-order valence-electron chi connectivity index (χ4n) is 8.24. The van der Waals surface area contributed by atoms with E-state index in [4.69, 9.17) is 9.31 Å². The van der Waals surface area contributed by atoms with Gasteiger partial charge < -0.3 is 14.0 Å². The van der Waals surface area contributed by atoms with Crippen molar-refractivity contribution in [2.75, 3.05) is 7.11 Å². The molecular weight excluding hydrogens is 1540 g/mol. The zero-order chi connectivity index (χ0) is 77.5. The summed E-state index contributed by atoms with van der Waals surface area (Å²) < 4.78 is 365. The maximum atomic E-state index is 13.7. The van der Waals surface area contributed by atoms with Crippen LogP contribution in [0.1, 0.15) is 44.8 Å². The lowest BCUT2D eigenvalue weighted by molar-refractivity contribution is -0.287. The van der Waals surface area contributed by atoms with Gasteiger partial charge in [0.15, 0.2) is 17.1 Å². The first kappa shape index (κ1) is 79.8. The number of hydrogen-bond donors (Lipinski definition) is 1. The van der Waals surface area contributed by atoms with Crippen molar-refractivity contribution in [2.24, 2.45) is 7.05 Å². The van der Waals surface area contributed by atoms with Crippen LogP contribution in [0, 0.1) is 17.5 Å². The smallest absolute Gasteiger partial charge is 0.479 e. The van der Waals surface area contributed by atoms with E-state index in [1.807, 2.05) is 0 Å². The Labute approximate surface area is 551 Å². The highest BCUT2D eigenvalue weighted by atomic mass is 79.9. The number of fused-ring (bicyclic) bond motifs is 3. The van der Waals surface area contributed by atoms with Gasteiger partial charge in [0.25, 0.3) is 33.7 Å². The summed E-state index contributed by atoms with van der Waals surface area (Å²) in [4.78, 5) is 74.1. The number of alkyl halides is 24. The van der Waals surface area contributed by atoms with E-state index in [0.29, 0.717) is 44.6 Å². The largest absolute Gasteiger partial charge is 0.498 e. The quantitative estimate of drug-likeness (QED) is 0.0988. The van der Waals surface area contributed by atoms with E-state index in [1.165, 1.54) is 0 Å². The number of aromatic amines is 1. The summed E-state index contributed by atoms with van der Waals surface area (Å²) in [5, 5.41) is 9.81. The standard InChI is InChI=1S/C15H8F9N5O2.C14H6F9N5O2.C12H16BF5N2O2.C9H4BrF4N3O2/c1-27-10(30)7(16)4-29-11(31)8(9(14(19,20)21)26-12(27)29)6-2-25-28(3-6)5-13(17,18)15(22,23)24;15-6-3-28-10(30)7(8(13(18,19)20)25-11(28)26-9(6)29)5-1-24-27(2-5)4-12(16,17)14(21,22)23;1-9(2)10(3,4)22-13(21-9)8-5-19-20(6-8)7-11(14,15)12(16,17)18;1-19-6-3(11)2-17-7(18)4(10)5(9(12,13)14)15-8(17)16-6/h2-4H,5H2,1H3;1-3H,4H2,(H,25,26,29);5-6H,7H2,1-4H3;2H,1H3. The fraction of sp³-hybridized carbons (Fsp3) is 0.400. The molecule has 0 radical (unpaired) electrons. The highest BCUT2D eigenvalue weighted by Crippen LogP contribution is 2.42. The second kappa shape index (κ2) is 27.0. The van der Waals surface area contributed by atoms with Crippen molar-refractivity contribution in [3.63, 3.8) is 0 Å². The number of aryl methyl sites for hydroxylation is 1. The van der Waals surface area contributed by atoms with Crippen LogP contribution in [0.5, 0.6) is 5.88 Å². The molecule has 9 aromatic heterocycles. The SMILES string of the molecule is CC1(C)OB(c2cnn(CC(F)(F)C(F)(F)F)c2)OC1(C)C.COc1nc2nc(C(F)(F)F)c(Br)c(=O)n2cc1F.Cn1c(=O)c(F)cn2c(=O)c(-c3cnn(CC(F)(F)C(F)(F)F)c3)c(C(F)(F)F)nc12.O=c1[nH]c2nc(C(F)(F)F)c(-c3cnn(CC(F)(F)C(F)(F)F)c3)c(=O)n2cc1F. The van der Waals surface area contributed by atoms with Crippen LogP contribution in [0.15, 0.2) is 84.2 Å². The molecule has 1 aliphatic rings. The average Bonchev–Trinajstić information content (AvgIpc) is 1.31. The number of methoxy groups -OCH3 is 1. The predicted molar refractivity (Wildman–Crippen MR) is 291 cm³/mol. The van der Waals surface area contributed by atoms with Gasteiger partial charge in [0.05, 0.1) is 60.4 Å². The Hall–Kier alpha value is -9.53. The predicted octanol–water partition coefficient (Wildman–Crippen LogP) is 9.61. The minimum absolute atomic E-state index is 0.00138. The molecule has 10 heterocycles. The highest BCUT2D eigenvalue weighted by molar-refractivity contribution is 9.10. The van der Waals surface area contributed by atoms with Crippen molar-refractivity contribution in [1.82, 2.24) is 72.0 Å². The number of ether oxygens (including phenoxy) is 1. The van der Waals surface area contributed by atoms with Gasteiger partial charge in [0.2, 0.25) is 34.8 Å². The number of aromatic nitrogens is 15. The Morgan fingerprint density at radius 1 is 0.490 bits per heavy atom. The first-order valence-corrected chi connectivity index (χ1v) is 27.4. The van der Waals surface area contributed by atoms with E-state index in [9.17, 15) is 143 Å². The van der Waals surface area contributed by atoms with E-state index < -0.39 is 205 Å². The Bertz CT molecular complexity index is 4970. The number of rotatable bonds is 10. The zero-order valence-corrected chi connectivity index (χ0v) is 52.1. The molecule has 0 atom stereocenters. The summed E-state index contributed by atoms with van der Waals surface area (Å²) in [5.74, 6) is -22.5. The number of halogens is 28. The van der Waals surface area contributed by atoms with Crippen molar-refractivity contribution < 1.29 is 133 Å². The number of hydrogen-bond acceptors (Lipinski definition) is 15. The Kier molecular flexibility index (Phi) is 21.1. The molecule has 52 heteroatoms. The molecule has 1 N–H and O–H groups in total. The van der Waals surface area contributed by atoms with Crippen molar-refractivity contribution >= 4 is 45.8 Å². The molecule has 102 heavy (non-hydrogen) atoms. The zero-order valence-electron chi connectivity index (χ0n) is 50.5. The maximum absolute atomic E-state index is 13.7. The molecule has 0 amide bonds. The minimum Gasteiger partial charge on any atom is -0.479 e. The number of nitrogens with zero attached hydrogens (tertiary/aromatic N) is 14. The Morgan fingerprint density at radius 3 is 1.32 bits per heavy atom. The van der Waals surface area contributed by atoms with Gasteiger partial charge in [0, 0.05) is 48.4 Å². The molecule has 0 unspecified atom stereocenters. The van der Waals surface area contributed by atoms with Gasteiger partial charge in [-0.15, -0.1) is 0 Å². The van der Waals surface area contributed by atoms with Crippen molar-refractivity contribution in [3.8, 4) is 28.1 Å². The minimum atomic E-state index is -5.96. The molecule has 0 aromatic carbocycles. The van der Waals surface area contributed by atoms with E-state index in [-0.39, 0.29) is 36.0 Å². The van der Waals surface area contributed by atoms with Crippen molar-refractivity contribution in [2.45, 2.75) is 113 Å². The van der Waals surface area contributed by atoms with Crippen LogP contribution in [0.4, 0.5) is 119 Å². The van der Waals surface area contributed by atoms with E-state index in [0.717, 1.165) is 26.6 Å². The summed E-state index contributed by atoms with van der Waals surface area (Å²) in [6.45, 7) is 1.48. The van der Waals surface area contributed by atoms with Crippen LogP contribution < -0.4 is 38.0 Å². The molecule has 23 nitrogen and oxygen atoms in total. The molecule has 0 saturated carbocycles. The Balaban J connectivity index is 0.000000194. The third kappa shape index (κ3) is 16.4. The average molecular weight is 1580 g/mol. The third-order valence-electron chi connectivity index (χ3n) is 14.0. The summed E-state index contributed by atoms with van der Waals surface area (Å²) in [6, 6.07) is 0. The molecule has 10 rings (SSSR count). The van der Waals surface area contributed by atoms with E-state index in [1.54, 1.807) is 32.7 Å². The maximum Gasteiger partial charge on any atom is 0.498 e. The van der Waals surface area contributed by atoms with Crippen LogP contribution in [-0.4, -0.2) is 134 Å². The third-order valence-corrected chi connectivity index (χ3v) is 14.7. The Morgan fingerprint density at radius 2 is 0.892 bits per heavy atom. The van der Waals surface area contributed by atoms with Crippen LogP contribution >= 0.6 is 15.9 Å². The normalized spacial score (nSPS) is 14.7. The molecular formula is C50H34BBrF27N15O8. The lowest BCUT2D eigenvalue weighted by atomic mass is 9.82. The van der Waals surface area contributed by atoms with E-state index >= 15 is 0 Å². The molecule has 0 bridgehead atoms. The van der Waals surface area contributed by atoms with Gasteiger partial charge in [-0.2, -0.15) is 139 Å². The molecule has 556 valence electrons. The van der Waals surface area contributed by atoms with Gasteiger partial charge in [0.1, 0.15) is 24.1 Å². The fourth-order valence-corrected chi connectivity index (χ4v) is 8.75. The molecule has 1 fully saturated rings. The monoisotopic (exact) mass is 1580 g/mol. The van der Waals surface area contributed by atoms with Crippen molar-refractivity contribution in [3.05, 3.63) is 147 Å². The van der Waals surface area contributed by atoms with Gasteiger partial charge in [-0.05, 0) is 43.6 Å². The summed E-state index contributed by atoms with van der Waals surface area (Å²) in [7, 11) is 1.08. The number of H-pyrrole nitrogens is 1. The topological polar surface area (TPSA) is 252 Å². The van der Waals surface area contributed by atoms with Crippen LogP contribution in [-0.2, 0) is 54.5 Å². The highest BCUT2D eigenvalue weighted by Gasteiger charge is 2.60. The van der Waals surface area contributed by atoms with Crippen LogP contribution in [0.25, 0.3) is 39.6 Å². The molecule has 1 saturated heterocycles. The van der Waals surface area contributed by atoms with Crippen molar-refractivity contribution in [1.29, 1.82) is 0 Å². The lowest BCUT2D eigenvalue weighted by Crippen LogP contribution is -2.41. The van der Waals surface area contributed by atoms with Crippen LogP contribution in [0.3, 0.4) is 0 Å². The summed E-state index contributed by atoms with van der Waals surface area (Å²) >= 11 is 2.50. The molecule has 1 aliphatic heterocycles. The molecule has 0 spiro atoms. The molecule has 9 aromatic rings. The van der Waals surface area contributed by atoms with Gasteiger partial charge in [-0.3, -0.25) is 47.6 Å². The van der Waals surface area contributed by atoms with Gasteiger partial charge in [-0.1, -0.05) is 0 Å². The summed E-state index contributed by atoms with van der Waals surface area (Å²) in [5.41, 5.74) is -17.5. The van der Waals surface area contributed by atoms with Gasteiger partial charge >= 0.3 is 61.9 Å². The van der Waals surface area contributed by atoms with E-state index in [2.05, 4.69) is 55.9 Å². The second-order valence-corrected chi connectivity index (χ2v) is 22.6. The second-order valence-electron chi connectivity index (χ2n) is 21.8. The lowest BCUT2D eigenvalue weighted by Gasteiger charge is -2.32. The summed E-state index contributed by atoms with van der Waals surface area (Å²) in [6.07, 6.45) is -28.0. The number of nitrogens with one attached hydrogen (secondary N) is 1. The van der Waals surface area contributed by atoms with Gasteiger partial charge in [-0.25, -0.2) is 28.2 Å². The first-order valence-electron chi connectivity index (χ1n) is 26.6. The van der Waals surface area contributed by atoms with Crippen LogP contribution in [0.2, 0.25) is 0 Å². The molecule has 0 aliphatic carbocycles. The first-order chi connectivity index (χ1) is 46.2.